The fourth-order valence-electron chi connectivity index (χ4n) is 2.08. The first-order valence-corrected chi connectivity index (χ1v) is 5.59. The van der Waals surface area contributed by atoms with Crippen LogP contribution in [0.15, 0.2) is 18.5 Å². The fourth-order valence-corrected chi connectivity index (χ4v) is 2.08. The standard InChI is InChI=1S/C12H12N4O/c1-2-7-3-9-10(6-13-12(9)17)16-11(7)8-4-14-15-5-8/h3-5H,2,6H2,1H3,(H,13,17)(H,14,15). The SMILES string of the molecule is CCc1cc2c(nc1-c1cn[nH]c1)CNC2=O. The molecule has 0 saturated carbocycles. The zero-order valence-corrected chi connectivity index (χ0v) is 9.45. The predicted octanol–water partition coefficient (Wildman–Crippen LogP) is 1.28. The van der Waals surface area contributed by atoms with Gasteiger partial charge in [-0.15, -0.1) is 0 Å². The summed E-state index contributed by atoms with van der Waals surface area (Å²) in [6, 6.07) is 1.94. The summed E-state index contributed by atoms with van der Waals surface area (Å²) >= 11 is 0. The van der Waals surface area contributed by atoms with Crippen molar-refractivity contribution in [2.45, 2.75) is 19.9 Å². The van der Waals surface area contributed by atoms with Crippen LogP contribution in [0.5, 0.6) is 0 Å². The molecule has 5 heteroatoms. The smallest absolute Gasteiger partial charge is 0.253 e. The highest BCUT2D eigenvalue weighted by molar-refractivity contribution is 5.98. The van der Waals surface area contributed by atoms with E-state index in [4.69, 9.17) is 0 Å². The lowest BCUT2D eigenvalue weighted by Crippen LogP contribution is -2.12. The number of amides is 1. The molecule has 0 spiro atoms. The molecule has 0 unspecified atom stereocenters. The molecule has 1 aliphatic rings. The molecule has 5 nitrogen and oxygen atoms in total. The average molecular weight is 228 g/mol. The van der Waals surface area contributed by atoms with Crippen molar-refractivity contribution in [1.29, 1.82) is 0 Å². The summed E-state index contributed by atoms with van der Waals surface area (Å²) in [5.74, 6) is -0.0269. The molecular weight excluding hydrogens is 216 g/mol. The number of nitrogens with zero attached hydrogens (tertiary/aromatic N) is 2. The van der Waals surface area contributed by atoms with E-state index in [9.17, 15) is 4.79 Å². The van der Waals surface area contributed by atoms with E-state index < -0.39 is 0 Å². The lowest BCUT2D eigenvalue weighted by atomic mass is 10.0. The third-order valence-corrected chi connectivity index (χ3v) is 2.99. The number of carbonyl (C=O) groups excluding carboxylic acids is 1. The summed E-state index contributed by atoms with van der Waals surface area (Å²) in [7, 11) is 0. The molecule has 0 aromatic carbocycles. The number of aryl methyl sites for hydroxylation is 1. The summed E-state index contributed by atoms with van der Waals surface area (Å²) in [5.41, 5.74) is 4.47. The molecule has 1 aliphatic heterocycles. The van der Waals surface area contributed by atoms with E-state index in [2.05, 4.69) is 27.4 Å². The summed E-state index contributed by atoms with van der Waals surface area (Å²) in [5, 5.41) is 9.50. The van der Waals surface area contributed by atoms with Crippen LogP contribution in [0.4, 0.5) is 0 Å². The minimum Gasteiger partial charge on any atom is -0.346 e. The van der Waals surface area contributed by atoms with Crippen molar-refractivity contribution < 1.29 is 4.79 Å². The van der Waals surface area contributed by atoms with Crippen molar-refractivity contribution in [3.05, 3.63) is 35.3 Å². The maximum atomic E-state index is 11.6. The number of hydrogen-bond acceptors (Lipinski definition) is 3. The third-order valence-electron chi connectivity index (χ3n) is 2.99. The van der Waals surface area contributed by atoms with Crippen LogP contribution in [0.25, 0.3) is 11.3 Å². The number of nitrogens with one attached hydrogen (secondary N) is 2. The molecule has 0 radical (unpaired) electrons. The first-order chi connectivity index (χ1) is 8.29. The summed E-state index contributed by atoms with van der Waals surface area (Å²) in [6.07, 6.45) is 4.41. The van der Waals surface area contributed by atoms with Gasteiger partial charge in [-0.1, -0.05) is 6.92 Å². The van der Waals surface area contributed by atoms with E-state index in [1.165, 1.54) is 0 Å². The van der Waals surface area contributed by atoms with Gasteiger partial charge in [-0.25, -0.2) is 4.98 Å². The molecule has 3 heterocycles. The Hall–Kier alpha value is -2.17. The Labute approximate surface area is 98.3 Å². The molecule has 2 N–H and O–H groups in total. The number of rotatable bonds is 2. The van der Waals surface area contributed by atoms with Crippen molar-refractivity contribution in [1.82, 2.24) is 20.5 Å². The maximum Gasteiger partial charge on any atom is 0.253 e. The number of aromatic nitrogens is 3. The first-order valence-electron chi connectivity index (χ1n) is 5.59. The highest BCUT2D eigenvalue weighted by atomic mass is 16.1. The van der Waals surface area contributed by atoms with Crippen LogP contribution in [0.2, 0.25) is 0 Å². The van der Waals surface area contributed by atoms with Gasteiger partial charge in [0.2, 0.25) is 0 Å². The van der Waals surface area contributed by atoms with Gasteiger partial charge in [0.05, 0.1) is 29.7 Å². The number of H-pyrrole nitrogens is 1. The Bertz CT molecular complexity index is 574. The van der Waals surface area contributed by atoms with E-state index in [1.54, 1.807) is 6.20 Å². The van der Waals surface area contributed by atoms with Crippen molar-refractivity contribution in [3.63, 3.8) is 0 Å². The van der Waals surface area contributed by atoms with Crippen LogP contribution in [0.1, 0.15) is 28.5 Å². The zero-order chi connectivity index (χ0) is 11.8. The van der Waals surface area contributed by atoms with E-state index in [0.717, 1.165) is 28.9 Å². The van der Waals surface area contributed by atoms with Crippen LogP contribution >= 0.6 is 0 Å². The van der Waals surface area contributed by atoms with E-state index in [0.29, 0.717) is 12.1 Å². The summed E-state index contributed by atoms with van der Waals surface area (Å²) in [4.78, 5) is 16.1. The van der Waals surface area contributed by atoms with E-state index >= 15 is 0 Å². The molecule has 2 aromatic rings. The van der Waals surface area contributed by atoms with E-state index in [-0.39, 0.29) is 5.91 Å². The number of hydrogen-bond donors (Lipinski definition) is 2. The van der Waals surface area contributed by atoms with Gasteiger partial charge in [0.1, 0.15) is 0 Å². The zero-order valence-electron chi connectivity index (χ0n) is 9.45. The minimum atomic E-state index is -0.0269. The van der Waals surface area contributed by atoms with Crippen LogP contribution in [-0.2, 0) is 13.0 Å². The van der Waals surface area contributed by atoms with Crippen molar-refractivity contribution in [3.8, 4) is 11.3 Å². The molecule has 2 aromatic heterocycles. The lowest BCUT2D eigenvalue weighted by molar-refractivity contribution is 0.0965. The number of pyridine rings is 1. The molecule has 17 heavy (non-hydrogen) atoms. The Balaban J connectivity index is 2.20. The second-order valence-electron chi connectivity index (χ2n) is 4.01. The lowest BCUT2D eigenvalue weighted by Gasteiger charge is -2.07. The maximum absolute atomic E-state index is 11.6. The predicted molar refractivity (Wildman–Crippen MR) is 62.4 cm³/mol. The molecule has 1 amide bonds. The third kappa shape index (κ3) is 1.51. The molecule has 0 saturated heterocycles. The van der Waals surface area contributed by atoms with Gasteiger partial charge in [0.15, 0.2) is 0 Å². The minimum absolute atomic E-state index is 0.0269. The van der Waals surface area contributed by atoms with Gasteiger partial charge in [-0.3, -0.25) is 9.89 Å². The van der Waals surface area contributed by atoms with E-state index in [1.807, 2.05) is 12.3 Å². The highest BCUT2D eigenvalue weighted by Crippen LogP contribution is 2.25. The average Bonchev–Trinajstić information content (AvgIpc) is 2.98. The number of carbonyl (C=O) groups is 1. The van der Waals surface area contributed by atoms with Crippen LogP contribution in [0.3, 0.4) is 0 Å². The van der Waals surface area contributed by atoms with Gasteiger partial charge in [-0.05, 0) is 18.1 Å². The van der Waals surface area contributed by atoms with Gasteiger partial charge >= 0.3 is 0 Å². The normalized spacial score (nSPS) is 13.6. The molecule has 0 bridgehead atoms. The van der Waals surface area contributed by atoms with Crippen LogP contribution in [0, 0.1) is 0 Å². The molecule has 0 atom stereocenters. The fraction of sp³-hybridized carbons (Fsp3) is 0.250. The Morgan fingerprint density at radius 2 is 2.35 bits per heavy atom. The second kappa shape index (κ2) is 3.69. The monoisotopic (exact) mass is 228 g/mol. The molecule has 86 valence electrons. The van der Waals surface area contributed by atoms with Crippen molar-refractivity contribution in [2.75, 3.05) is 0 Å². The summed E-state index contributed by atoms with van der Waals surface area (Å²) in [6.45, 7) is 2.57. The van der Waals surface area contributed by atoms with Gasteiger partial charge in [0.25, 0.3) is 5.91 Å². The molecular formula is C12H12N4O. The Morgan fingerprint density at radius 3 is 3.06 bits per heavy atom. The Morgan fingerprint density at radius 1 is 1.47 bits per heavy atom. The molecule has 0 aliphatic carbocycles. The van der Waals surface area contributed by atoms with Crippen molar-refractivity contribution >= 4 is 5.91 Å². The molecule has 3 rings (SSSR count). The first kappa shape index (κ1) is 10.0. The van der Waals surface area contributed by atoms with Gasteiger partial charge in [-0.2, -0.15) is 5.10 Å². The number of fused-ring (bicyclic) bond motifs is 1. The van der Waals surface area contributed by atoms with Crippen molar-refractivity contribution in [2.24, 2.45) is 0 Å². The summed E-state index contributed by atoms with van der Waals surface area (Å²) < 4.78 is 0. The Kier molecular flexibility index (Phi) is 2.18. The largest absolute Gasteiger partial charge is 0.346 e. The van der Waals surface area contributed by atoms with Crippen LogP contribution < -0.4 is 5.32 Å². The number of aromatic amines is 1. The van der Waals surface area contributed by atoms with Gasteiger partial charge < -0.3 is 5.32 Å². The van der Waals surface area contributed by atoms with Gasteiger partial charge in [0, 0.05) is 11.8 Å². The second-order valence-corrected chi connectivity index (χ2v) is 4.01. The quantitative estimate of drug-likeness (QED) is 0.813. The highest BCUT2D eigenvalue weighted by Gasteiger charge is 2.22. The molecule has 0 fully saturated rings. The topological polar surface area (TPSA) is 70.7 Å². The van der Waals surface area contributed by atoms with Crippen LogP contribution in [-0.4, -0.2) is 21.1 Å².